The van der Waals surface area contributed by atoms with Crippen LogP contribution in [0.4, 0.5) is 0 Å². The van der Waals surface area contributed by atoms with Gasteiger partial charge in [-0.25, -0.2) is 4.98 Å². The molecule has 24 heavy (non-hydrogen) atoms. The molecule has 3 rings (SSSR count). The number of thiazole rings is 1. The van der Waals surface area contributed by atoms with Crippen molar-refractivity contribution in [3.8, 4) is 17.2 Å². The molecule has 0 bridgehead atoms. The minimum absolute atomic E-state index is 0.520. The molecule has 2 aromatic carbocycles. The molecule has 0 radical (unpaired) electrons. The number of rotatable bonds is 6. The van der Waals surface area contributed by atoms with Gasteiger partial charge in [0.1, 0.15) is 23.9 Å². The van der Waals surface area contributed by atoms with E-state index < -0.39 is 0 Å². The Kier molecular flexibility index (Phi) is 5.16. The maximum atomic E-state index is 5.92. The van der Waals surface area contributed by atoms with E-state index >= 15 is 0 Å². The second kappa shape index (κ2) is 7.49. The van der Waals surface area contributed by atoms with Gasteiger partial charge in [-0.15, -0.1) is 11.3 Å². The van der Waals surface area contributed by atoms with Crippen LogP contribution in [0.15, 0.2) is 54.7 Å². The number of ether oxygens (including phenoxy) is 2. The lowest BCUT2D eigenvalue weighted by molar-refractivity contribution is 0.308. The maximum Gasteiger partial charge on any atom is 0.131 e. The fourth-order valence-corrected chi connectivity index (χ4v) is 3.02. The van der Waals surface area contributed by atoms with Gasteiger partial charge in [0.2, 0.25) is 0 Å². The first-order valence-electron chi connectivity index (χ1n) is 8.02. The van der Waals surface area contributed by atoms with E-state index in [9.17, 15) is 0 Å². The average Bonchev–Trinajstić information content (AvgIpc) is 2.99. The Morgan fingerprint density at radius 1 is 1.00 bits per heavy atom. The summed E-state index contributed by atoms with van der Waals surface area (Å²) >= 11 is 1.65. The molecule has 0 fully saturated rings. The van der Waals surface area contributed by atoms with E-state index in [2.05, 4.69) is 31.0 Å². The van der Waals surface area contributed by atoms with Crippen molar-refractivity contribution < 1.29 is 9.47 Å². The normalized spacial score (nSPS) is 10.8. The maximum absolute atomic E-state index is 5.92. The van der Waals surface area contributed by atoms with Crippen LogP contribution in [0, 0.1) is 6.92 Å². The summed E-state index contributed by atoms with van der Waals surface area (Å²) in [7, 11) is 0. The predicted molar refractivity (Wildman–Crippen MR) is 98.2 cm³/mol. The lowest BCUT2D eigenvalue weighted by atomic mass is 10.0. The van der Waals surface area contributed by atoms with Crippen LogP contribution in [0.3, 0.4) is 0 Å². The molecule has 1 heterocycles. The van der Waals surface area contributed by atoms with Crippen LogP contribution in [0.2, 0.25) is 0 Å². The molecular formula is C20H21NO2S. The third-order valence-electron chi connectivity index (χ3n) is 3.64. The van der Waals surface area contributed by atoms with Crippen molar-refractivity contribution >= 4 is 11.3 Å². The fraction of sp³-hybridized carbons (Fsp3) is 0.250. The SMILES string of the molecule is Cc1ncc(COc2cccc(Oc3ccc(C(C)C)cc3)c2)s1. The van der Waals surface area contributed by atoms with Crippen LogP contribution in [-0.2, 0) is 6.61 Å². The Bertz CT molecular complexity index is 793. The Morgan fingerprint density at radius 3 is 2.42 bits per heavy atom. The molecule has 0 amide bonds. The van der Waals surface area contributed by atoms with E-state index in [0.29, 0.717) is 12.5 Å². The van der Waals surface area contributed by atoms with Crippen molar-refractivity contribution in [1.82, 2.24) is 4.98 Å². The zero-order chi connectivity index (χ0) is 16.9. The van der Waals surface area contributed by atoms with Crippen LogP contribution < -0.4 is 9.47 Å². The summed E-state index contributed by atoms with van der Waals surface area (Å²) in [5.74, 6) is 2.91. The van der Waals surface area contributed by atoms with E-state index in [1.54, 1.807) is 11.3 Å². The Hall–Kier alpha value is -2.33. The highest BCUT2D eigenvalue weighted by Crippen LogP contribution is 2.27. The molecule has 0 aliphatic heterocycles. The van der Waals surface area contributed by atoms with E-state index in [4.69, 9.17) is 9.47 Å². The van der Waals surface area contributed by atoms with Gasteiger partial charge in [-0.05, 0) is 42.7 Å². The lowest BCUT2D eigenvalue weighted by Gasteiger charge is -2.10. The highest BCUT2D eigenvalue weighted by atomic mass is 32.1. The van der Waals surface area contributed by atoms with Gasteiger partial charge in [-0.1, -0.05) is 32.0 Å². The van der Waals surface area contributed by atoms with Crippen LogP contribution >= 0.6 is 11.3 Å². The van der Waals surface area contributed by atoms with Gasteiger partial charge in [-0.3, -0.25) is 0 Å². The number of aromatic nitrogens is 1. The van der Waals surface area contributed by atoms with Crippen LogP contribution in [0.25, 0.3) is 0 Å². The van der Waals surface area contributed by atoms with Crippen molar-refractivity contribution in [3.05, 3.63) is 70.2 Å². The lowest BCUT2D eigenvalue weighted by Crippen LogP contribution is -1.93. The van der Waals surface area contributed by atoms with Crippen LogP contribution in [0.5, 0.6) is 17.2 Å². The summed E-state index contributed by atoms with van der Waals surface area (Å²) in [5, 5.41) is 1.05. The molecule has 4 heteroatoms. The van der Waals surface area contributed by atoms with Gasteiger partial charge < -0.3 is 9.47 Å². The molecule has 0 atom stereocenters. The number of nitrogens with zero attached hydrogens (tertiary/aromatic N) is 1. The molecule has 0 spiro atoms. The number of hydrogen-bond donors (Lipinski definition) is 0. The molecule has 3 aromatic rings. The molecule has 0 aliphatic rings. The smallest absolute Gasteiger partial charge is 0.131 e. The number of benzene rings is 2. The molecule has 1 aromatic heterocycles. The molecule has 0 N–H and O–H groups in total. The largest absolute Gasteiger partial charge is 0.488 e. The van der Waals surface area contributed by atoms with Crippen LogP contribution in [-0.4, -0.2) is 4.98 Å². The van der Waals surface area contributed by atoms with Gasteiger partial charge in [-0.2, -0.15) is 0 Å². The van der Waals surface area contributed by atoms with Crippen molar-refractivity contribution in [2.24, 2.45) is 0 Å². The minimum atomic E-state index is 0.520. The highest BCUT2D eigenvalue weighted by molar-refractivity contribution is 7.11. The number of hydrogen-bond acceptors (Lipinski definition) is 4. The van der Waals surface area contributed by atoms with E-state index in [0.717, 1.165) is 27.1 Å². The number of aryl methyl sites for hydroxylation is 1. The monoisotopic (exact) mass is 339 g/mol. The molecule has 0 saturated carbocycles. The Morgan fingerprint density at radius 2 is 1.75 bits per heavy atom. The summed E-state index contributed by atoms with van der Waals surface area (Å²) in [5.41, 5.74) is 1.30. The third-order valence-corrected chi connectivity index (χ3v) is 4.52. The topological polar surface area (TPSA) is 31.4 Å². The van der Waals surface area contributed by atoms with E-state index in [1.165, 1.54) is 5.56 Å². The van der Waals surface area contributed by atoms with Crippen molar-refractivity contribution in [1.29, 1.82) is 0 Å². The predicted octanol–water partition coefficient (Wildman–Crippen LogP) is 5.95. The molecule has 124 valence electrons. The van der Waals surface area contributed by atoms with Gasteiger partial charge >= 0.3 is 0 Å². The van der Waals surface area contributed by atoms with E-state index in [-0.39, 0.29) is 0 Å². The first-order chi connectivity index (χ1) is 11.6. The minimum Gasteiger partial charge on any atom is -0.488 e. The van der Waals surface area contributed by atoms with Gasteiger partial charge in [0.25, 0.3) is 0 Å². The third kappa shape index (κ3) is 4.36. The summed E-state index contributed by atoms with van der Waals surface area (Å²) in [4.78, 5) is 5.35. The highest BCUT2D eigenvalue weighted by Gasteiger charge is 2.04. The zero-order valence-corrected chi connectivity index (χ0v) is 15.0. The summed E-state index contributed by atoms with van der Waals surface area (Å²) in [6.45, 7) is 6.88. The summed E-state index contributed by atoms with van der Waals surface area (Å²) in [6.07, 6.45) is 1.86. The fourth-order valence-electron chi connectivity index (χ4n) is 2.31. The second-order valence-corrected chi connectivity index (χ2v) is 7.25. The van der Waals surface area contributed by atoms with E-state index in [1.807, 2.05) is 49.5 Å². The first-order valence-corrected chi connectivity index (χ1v) is 8.84. The molecular weight excluding hydrogens is 318 g/mol. The Balaban J connectivity index is 1.64. The van der Waals surface area contributed by atoms with Crippen molar-refractivity contribution in [2.75, 3.05) is 0 Å². The molecule has 0 unspecified atom stereocenters. The van der Waals surface area contributed by atoms with Crippen LogP contribution in [0.1, 0.15) is 35.2 Å². The molecule has 3 nitrogen and oxygen atoms in total. The standard InChI is InChI=1S/C20H21NO2S/c1-14(2)16-7-9-17(10-8-16)23-19-6-4-5-18(11-19)22-13-20-12-21-15(3)24-20/h4-12,14H,13H2,1-3H3. The first kappa shape index (κ1) is 16.5. The average molecular weight is 339 g/mol. The second-order valence-electron chi connectivity index (χ2n) is 5.93. The van der Waals surface area contributed by atoms with Crippen molar-refractivity contribution in [3.63, 3.8) is 0 Å². The van der Waals surface area contributed by atoms with Gasteiger partial charge in [0, 0.05) is 12.3 Å². The zero-order valence-electron chi connectivity index (χ0n) is 14.2. The molecule has 0 saturated heterocycles. The molecule has 0 aliphatic carbocycles. The van der Waals surface area contributed by atoms with Gasteiger partial charge in [0.05, 0.1) is 9.88 Å². The van der Waals surface area contributed by atoms with Crippen molar-refractivity contribution in [2.45, 2.75) is 33.3 Å². The summed E-state index contributed by atoms with van der Waals surface area (Å²) in [6, 6.07) is 15.9. The quantitative estimate of drug-likeness (QED) is 0.556. The summed E-state index contributed by atoms with van der Waals surface area (Å²) < 4.78 is 11.7. The Labute approximate surface area is 146 Å². The van der Waals surface area contributed by atoms with Gasteiger partial charge in [0.15, 0.2) is 0 Å².